The van der Waals surface area contributed by atoms with E-state index in [2.05, 4.69) is 0 Å². The summed E-state index contributed by atoms with van der Waals surface area (Å²) in [5.41, 5.74) is 0.292. The molecule has 0 bridgehead atoms. The molecule has 2 nitrogen and oxygen atoms in total. The van der Waals surface area contributed by atoms with E-state index in [1.807, 2.05) is 121 Å². The van der Waals surface area contributed by atoms with Crippen LogP contribution in [0.15, 0.2) is 121 Å². The summed E-state index contributed by atoms with van der Waals surface area (Å²) in [6.07, 6.45) is 0.551. The number of hydrogen-bond donors (Lipinski definition) is 1. The maximum atomic E-state index is 14.3. The predicted molar refractivity (Wildman–Crippen MR) is 119 cm³/mol. The van der Waals surface area contributed by atoms with Crippen molar-refractivity contribution in [3.05, 3.63) is 144 Å². The Morgan fingerprint density at radius 3 is 1.10 bits per heavy atom. The van der Waals surface area contributed by atoms with Crippen molar-refractivity contribution < 1.29 is 10.2 Å². The van der Waals surface area contributed by atoms with Gasteiger partial charge in [0.2, 0.25) is 0 Å². The summed E-state index contributed by atoms with van der Waals surface area (Å²) >= 11 is 0. The molecule has 0 amide bonds. The van der Waals surface area contributed by atoms with Gasteiger partial charge in [0.15, 0.2) is 5.60 Å². The molecule has 0 unspecified atom stereocenters. The molecule has 0 aliphatic carbocycles. The lowest BCUT2D eigenvalue weighted by Gasteiger charge is -2.34. The zero-order chi connectivity index (χ0) is 20.9. The van der Waals surface area contributed by atoms with Gasteiger partial charge in [-0.3, -0.25) is 0 Å². The van der Waals surface area contributed by atoms with E-state index in [9.17, 15) is 10.2 Å². The third-order valence-corrected chi connectivity index (χ3v) is 5.82. The van der Waals surface area contributed by atoms with Crippen molar-refractivity contribution in [2.45, 2.75) is 24.0 Å². The molecule has 2 heteroatoms. The fourth-order valence-electron chi connectivity index (χ4n) is 4.11. The van der Waals surface area contributed by atoms with Crippen molar-refractivity contribution in [3.8, 4) is 0 Å². The third kappa shape index (κ3) is 3.93. The third-order valence-electron chi connectivity index (χ3n) is 5.82. The summed E-state index contributed by atoms with van der Waals surface area (Å²) in [5, 5.41) is 26.2. The molecule has 1 N–H and O–H groups in total. The number of benzene rings is 4. The Morgan fingerprint density at radius 2 is 0.767 bits per heavy atom. The first-order valence-corrected chi connectivity index (χ1v) is 10.3. The Morgan fingerprint density at radius 1 is 0.467 bits per heavy atom. The first-order chi connectivity index (χ1) is 14.6. The fourth-order valence-corrected chi connectivity index (χ4v) is 4.11. The minimum absolute atomic E-state index is 0.251. The minimum Gasteiger partial charge on any atom is -0.380 e. The highest BCUT2D eigenvalue weighted by atomic mass is 16.3. The van der Waals surface area contributed by atoms with Gasteiger partial charge in [0.05, 0.1) is 0 Å². The lowest BCUT2D eigenvalue weighted by molar-refractivity contribution is -0.0301. The zero-order valence-electron chi connectivity index (χ0n) is 16.8. The van der Waals surface area contributed by atoms with Gasteiger partial charge >= 0.3 is 0 Å². The predicted octanol–water partition coefficient (Wildman–Crippen LogP) is 6.08. The smallest absolute Gasteiger partial charge is 0.154 e. The number of hydrogen-bond acceptors (Lipinski definition) is 1. The van der Waals surface area contributed by atoms with Crippen LogP contribution in [0.1, 0.15) is 35.1 Å². The molecule has 1 radical (unpaired) electrons. The Balaban J connectivity index is 1.76. The second-order valence-electron chi connectivity index (χ2n) is 7.65. The average Bonchev–Trinajstić information content (AvgIpc) is 2.84. The van der Waals surface area contributed by atoms with Gasteiger partial charge in [-0.2, -0.15) is 0 Å². The minimum atomic E-state index is -1.46. The molecule has 4 aromatic rings. The summed E-state index contributed by atoms with van der Waals surface area (Å²) in [5.74, 6) is 0. The molecule has 0 fully saturated rings. The molecular weight excluding hydrogens is 368 g/mol. The molecule has 0 heterocycles. The Hall–Kier alpha value is -3.20. The van der Waals surface area contributed by atoms with Gasteiger partial charge in [-0.25, -0.2) is 5.11 Å². The standard InChI is InChI=1S/C28H25O2/c29-27(23-13-5-1-6-14-23,24-15-7-2-8-16-24)21-22-28(30,25-17-9-3-10-18-25)26-19-11-4-12-20-26/h1-20,29H,21-22H2. The van der Waals surface area contributed by atoms with Crippen LogP contribution in [-0.2, 0) is 16.3 Å². The SMILES string of the molecule is [O]C(CCC(O)(c1ccccc1)c1ccccc1)(c1ccccc1)c1ccccc1. The molecule has 0 atom stereocenters. The van der Waals surface area contributed by atoms with Crippen LogP contribution in [-0.4, -0.2) is 5.11 Å². The molecule has 0 aliphatic rings. The van der Waals surface area contributed by atoms with Crippen LogP contribution in [0.5, 0.6) is 0 Å². The van der Waals surface area contributed by atoms with E-state index in [0.29, 0.717) is 17.5 Å². The fraction of sp³-hybridized carbons (Fsp3) is 0.143. The van der Waals surface area contributed by atoms with Crippen molar-refractivity contribution >= 4 is 0 Å². The average molecular weight is 394 g/mol. The van der Waals surface area contributed by atoms with E-state index in [1.54, 1.807) is 0 Å². The summed E-state index contributed by atoms with van der Waals surface area (Å²) in [6.45, 7) is 0. The van der Waals surface area contributed by atoms with Gasteiger partial charge in [0.1, 0.15) is 5.60 Å². The van der Waals surface area contributed by atoms with Gasteiger partial charge < -0.3 is 5.11 Å². The molecule has 30 heavy (non-hydrogen) atoms. The summed E-state index contributed by atoms with van der Waals surface area (Å²) in [6, 6.07) is 38.1. The van der Waals surface area contributed by atoms with Crippen molar-refractivity contribution in [1.82, 2.24) is 0 Å². The lowest BCUT2D eigenvalue weighted by atomic mass is 9.76. The van der Waals surface area contributed by atoms with Crippen molar-refractivity contribution in [1.29, 1.82) is 0 Å². The normalized spacial score (nSPS) is 11.9. The second kappa shape index (κ2) is 8.66. The van der Waals surface area contributed by atoms with Crippen molar-refractivity contribution in [2.24, 2.45) is 0 Å². The summed E-state index contributed by atoms with van der Waals surface area (Å²) in [7, 11) is 0. The van der Waals surface area contributed by atoms with Crippen molar-refractivity contribution in [2.75, 3.05) is 0 Å². The van der Waals surface area contributed by atoms with Crippen LogP contribution in [0.25, 0.3) is 0 Å². The largest absolute Gasteiger partial charge is 0.380 e. The van der Waals surface area contributed by atoms with Gasteiger partial charge in [-0.15, -0.1) is 0 Å². The highest BCUT2D eigenvalue weighted by Crippen LogP contribution is 2.41. The van der Waals surface area contributed by atoms with Gasteiger partial charge in [-0.1, -0.05) is 121 Å². The van der Waals surface area contributed by atoms with E-state index in [1.165, 1.54) is 0 Å². The van der Waals surface area contributed by atoms with Crippen LogP contribution in [0, 0.1) is 0 Å². The molecule has 0 aliphatic heterocycles. The Labute approximate surface area is 178 Å². The van der Waals surface area contributed by atoms with Crippen LogP contribution in [0.2, 0.25) is 0 Å². The van der Waals surface area contributed by atoms with Crippen LogP contribution < -0.4 is 0 Å². The van der Waals surface area contributed by atoms with Gasteiger partial charge in [0.25, 0.3) is 0 Å². The van der Waals surface area contributed by atoms with Gasteiger partial charge in [-0.05, 0) is 35.1 Å². The van der Waals surface area contributed by atoms with Crippen LogP contribution >= 0.6 is 0 Å². The lowest BCUT2D eigenvalue weighted by Crippen LogP contribution is -2.33. The summed E-state index contributed by atoms with van der Waals surface area (Å²) < 4.78 is 0. The van der Waals surface area contributed by atoms with Crippen LogP contribution in [0.4, 0.5) is 0 Å². The topological polar surface area (TPSA) is 40.1 Å². The van der Waals surface area contributed by atoms with E-state index in [4.69, 9.17) is 0 Å². The molecule has 149 valence electrons. The number of aliphatic hydroxyl groups is 1. The van der Waals surface area contributed by atoms with E-state index >= 15 is 0 Å². The van der Waals surface area contributed by atoms with E-state index in [-0.39, 0.29) is 6.42 Å². The molecule has 4 rings (SSSR count). The highest BCUT2D eigenvalue weighted by Gasteiger charge is 2.39. The molecule has 0 spiro atoms. The highest BCUT2D eigenvalue weighted by molar-refractivity contribution is 5.39. The molecule has 0 aromatic heterocycles. The zero-order valence-corrected chi connectivity index (χ0v) is 16.8. The summed E-state index contributed by atoms with van der Waals surface area (Å²) in [4.78, 5) is 0. The quantitative estimate of drug-likeness (QED) is 0.406. The number of rotatable bonds is 7. The van der Waals surface area contributed by atoms with Crippen molar-refractivity contribution in [3.63, 3.8) is 0 Å². The first kappa shape index (κ1) is 20.1. The Kier molecular flexibility index (Phi) is 5.80. The molecular formula is C28H25O2. The maximum absolute atomic E-state index is 14.3. The molecule has 0 saturated carbocycles. The molecule has 4 aromatic carbocycles. The molecule has 0 saturated heterocycles. The monoisotopic (exact) mass is 393 g/mol. The second-order valence-corrected chi connectivity index (χ2v) is 7.65. The van der Waals surface area contributed by atoms with E-state index in [0.717, 1.165) is 11.1 Å². The maximum Gasteiger partial charge on any atom is 0.154 e. The first-order valence-electron chi connectivity index (χ1n) is 10.3. The van der Waals surface area contributed by atoms with Crippen LogP contribution in [0.3, 0.4) is 0 Å². The van der Waals surface area contributed by atoms with E-state index < -0.39 is 11.2 Å². The van der Waals surface area contributed by atoms with Gasteiger partial charge in [0, 0.05) is 0 Å². The Bertz CT molecular complexity index is 877.